The largest absolute Gasteiger partial charge is 0.294 e. The van der Waals surface area contributed by atoms with Crippen molar-refractivity contribution >= 4 is 29.0 Å². The Morgan fingerprint density at radius 3 is 2.33 bits per heavy atom. The van der Waals surface area contributed by atoms with Crippen molar-refractivity contribution in [3.63, 3.8) is 0 Å². The number of halogens is 3. The van der Waals surface area contributed by atoms with E-state index in [9.17, 15) is 9.18 Å². The fourth-order valence-corrected chi connectivity index (χ4v) is 2.26. The Balaban J connectivity index is 2.67. The van der Waals surface area contributed by atoms with Crippen LogP contribution in [-0.2, 0) is 0 Å². The molecule has 0 unspecified atom stereocenters. The number of rotatable bonds is 2. The number of hydrogen-bond acceptors (Lipinski definition) is 1. The highest BCUT2D eigenvalue weighted by Gasteiger charge is 2.13. The van der Waals surface area contributed by atoms with Gasteiger partial charge in [-0.1, -0.05) is 35.3 Å². The summed E-state index contributed by atoms with van der Waals surface area (Å²) in [5.74, 6) is -0.662. The van der Waals surface area contributed by atoms with Crippen LogP contribution in [0.1, 0.15) is 17.3 Å². The van der Waals surface area contributed by atoms with Gasteiger partial charge in [0, 0.05) is 21.2 Å². The number of carbonyl (C=O) groups excluding carboxylic acids is 1. The molecule has 0 aliphatic rings. The van der Waals surface area contributed by atoms with Gasteiger partial charge in [-0.05, 0) is 36.8 Å². The molecule has 92 valence electrons. The second-order valence-electron chi connectivity index (χ2n) is 3.87. The SMILES string of the molecule is CC(=O)c1cc(F)ccc1-c1ccc(Cl)cc1Cl. The molecule has 0 aromatic heterocycles. The summed E-state index contributed by atoms with van der Waals surface area (Å²) in [6.45, 7) is 1.39. The Hall–Kier alpha value is -1.38. The minimum atomic E-state index is -0.450. The number of Topliss-reactive ketones (excluding diaryl/α,β-unsaturated/α-hetero) is 1. The molecular formula is C14H9Cl2FO. The van der Waals surface area contributed by atoms with Gasteiger partial charge in [-0.15, -0.1) is 0 Å². The van der Waals surface area contributed by atoms with Crippen LogP contribution >= 0.6 is 23.2 Å². The molecule has 0 atom stereocenters. The van der Waals surface area contributed by atoms with Crippen LogP contribution in [0.3, 0.4) is 0 Å². The topological polar surface area (TPSA) is 17.1 Å². The van der Waals surface area contributed by atoms with Crippen LogP contribution in [0.4, 0.5) is 4.39 Å². The van der Waals surface area contributed by atoms with E-state index in [4.69, 9.17) is 23.2 Å². The molecule has 2 rings (SSSR count). The van der Waals surface area contributed by atoms with Crippen molar-refractivity contribution in [2.24, 2.45) is 0 Å². The summed E-state index contributed by atoms with van der Waals surface area (Å²) < 4.78 is 13.2. The molecular weight excluding hydrogens is 274 g/mol. The summed E-state index contributed by atoms with van der Waals surface area (Å²) in [5.41, 5.74) is 1.57. The van der Waals surface area contributed by atoms with Crippen molar-refractivity contribution in [2.45, 2.75) is 6.92 Å². The molecule has 0 saturated carbocycles. The maximum atomic E-state index is 13.2. The van der Waals surface area contributed by atoms with E-state index in [2.05, 4.69) is 0 Å². The van der Waals surface area contributed by atoms with Gasteiger partial charge in [-0.2, -0.15) is 0 Å². The van der Waals surface area contributed by atoms with E-state index in [-0.39, 0.29) is 5.78 Å². The van der Waals surface area contributed by atoms with Gasteiger partial charge >= 0.3 is 0 Å². The van der Waals surface area contributed by atoms with Gasteiger partial charge in [0.15, 0.2) is 5.78 Å². The second kappa shape index (κ2) is 5.09. The van der Waals surface area contributed by atoms with Gasteiger partial charge in [0.2, 0.25) is 0 Å². The fourth-order valence-electron chi connectivity index (χ4n) is 1.75. The molecule has 0 spiro atoms. The normalized spacial score (nSPS) is 10.4. The van der Waals surface area contributed by atoms with E-state index in [0.717, 1.165) is 0 Å². The van der Waals surface area contributed by atoms with E-state index >= 15 is 0 Å². The Bertz CT molecular complexity index is 623. The summed E-state index contributed by atoms with van der Waals surface area (Å²) in [6.07, 6.45) is 0. The Kier molecular flexibility index (Phi) is 3.69. The molecule has 0 heterocycles. The van der Waals surface area contributed by atoms with Crippen LogP contribution in [-0.4, -0.2) is 5.78 Å². The highest BCUT2D eigenvalue weighted by molar-refractivity contribution is 6.36. The van der Waals surface area contributed by atoms with Crippen LogP contribution in [0.25, 0.3) is 11.1 Å². The van der Waals surface area contributed by atoms with Crippen molar-refractivity contribution in [1.29, 1.82) is 0 Å². The second-order valence-corrected chi connectivity index (χ2v) is 4.71. The minimum absolute atomic E-state index is 0.212. The third-order valence-corrected chi connectivity index (χ3v) is 3.13. The molecule has 0 fully saturated rings. The fraction of sp³-hybridized carbons (Fsp3) is 0.0714. The van der Waals surface area contributed by atoms with Crippen LogP contribution in [0.5, 0.6) is 0 Å². The monoisotopic (exact) mass is 282 g/mol. The summed E-state index contributed by atoms with van der Waals surface area (Å²) in [5, 5.41) is 0.937. The van der Waals surface area contributed by atoms with Crippen molar-refractivity contribution in [3.8, 4) is 11.1 Å². The molecule has 0 amide bonds. The molecule has 1 nitrogen and oxygen atoms in total. The smallest absolute Gasteiger partial charge is 0.160 e. The first-order valence-corrected chi connectivity index (χ1v) is 6.00. The number of hydrogen-bond donors (Lipinski definition) is 0. The first-order valence-electron chi connectivity index (χ1n) is 5.25. The summed E-state index contributed by atoms with van der Waals surface area (Å²) in [4.78, 5) is 11.5. The molecule has 2 aromatic carbocycles. The van der Waals surface area contributed by atoms with E-state index in [1.807, 2.05) is 0 Å². The lowest BCUT2D eigenvalue weighted by Gasteiger charge is -2.09. The lowest BCUT2D eigenvalue weighted by atomic mass is 9.97. The molecule has 0 aliphatic heterocycles. The minimum Gasteiger partial charge on any atom is -0.294 e. The van der Waals surface area contributed by atoms with Crippen LogP contribution in [0.15, 0.2) is 36.4 Å². The summed E-state index contributed by atoms with van der Waals surface area (Å²) in [7, 11) is 0. The van der Waals surface area contributed by atoms with Crippen LogP contribution in [0, 0.1) is 5.82 Å². The van der Waals surface area contributed by atoms with Gasteiger partial charge in [0.1, 0.15) is 5.82 Å². The molecule has 0 saturated heterocycles. The van der Waals surface area contributed by atoms with Crippen molar-refractivity contribution in [2.75, 3.05) is 0 Å². The first-order chi connectivity index (χ1) is 8.49. The van der Waals surface area contributed by atoms with Gasteiger partial charge in [0.25, 0.3) is 0 Å². The number of carbonyl (C=O) groups is 1. The van der Waals surface area contributed by atoms with Gasteiger partial charge in [-0.3, -0.25) is 4.79 Å². The van der Waals surface area contributed by atoms with Gasteiger partial charge < -0.3 is 0 Å². The highest BCUT2D eigenvalue weighted by Crippen LogP contribution is 2.33. The third-order valence-electron chi connectivity index (χ3n) is 2.58. The Morgan fingerprint density at radius 1 is 1.06 bits per heavy atom. The lowest BCUT2D eigenvalue weighted by molar-refractivity contribution is 0.101. The average Bonchev–Trinajstić information content (AvgIpc) is 2.29. The maximum absolute atomic E-state index is 13.2. The van der Waals surface area contributed by atoms with Crippen LogP contribution < -0.4 is 0 Å². The molecule has 0 radical (unpaired) electrons. The quantitative estimate of drug-likeness (QED) is 0.709. The number of ketones is 1. The van der Waals surface area contributed by atoms with Crippen molar-refractivity contribution in [3.05, 3.63) is 57.8 Å². The Morgan fingerprint density at radius 2 is 1.72 bits per heavy atom. The first kappa shape index (κ1) is 13.1. The van der Waals surface area contributed by atoms with E-state index in [1.54, 1.807) is 24.3 Å². The van der Waals surface area contributed by atoms with Gasteiger partial charge in [-0.25, -0.2) is 4.39 Å². The van der Waals surface area contributed by atoms with Crippen molar-refractivity contribution < 1.29 is 9.18 Å². The predicted octanol–water partition coefficient (Wildman–Crippen LogP) is 5.00. The molecule has 4 heteroatoms. The summed E-state index contributed by atoms with van der Waals surface area (Å²) in [6, 6.07) is 9.03. The zero-order valence-electron chi connectivity index (χ0n) is 9.51. The molecule has 0 aliphatic carbocycles. The average molecular weight is 283 g/mol. The standard InChI is InChI=1S/C14H9Cl2FO/c1-8(18)13-7-10(17)3-5-11(13)12-4-2-9(15)6-14(12)16/h2-7H,1H3. The zero-order valence-corrected chi connectivity index (χ0v) is 11.0. The van der Waals surface area contributed by atoms with E-state index < -0.39 is 5.82 Å². The molecule has 2 aromatic rings. The molecule has 0 bridgehead atoms. The Labute approximate surface area is 114 Å². The van der Waals surface area contributed by atoms with E-state index in [0.29, 0.717) is 26.7 Å². The van der Waals surface area contributed by atoms with E-state index in [1.165, 1.54) is 19.1 Å². The highest BCUT2D eigenvalue weighted by atomic mass is 35.5. The summed E-state index contributed by atoms with van der Waals surface area (Å²) >= 11 is 11.9. The zero-order chi connectivity index (χ0) is 13.3. The predicted molar refractivity (Wildman–Crippen MR) is 71.9 cm³/mol. The number of benzene rings is 2. The van der Waals surface area contributed by atoms with Crippen molar-refractivity contribution in [1.82, 2.24) is 0 Å². The molecule has 0 N–H and O–H groups in total. The van der Waals surface area contributed by atoms with Gasteiger partial charge in [0.05, 0.1) is 0 Å². The third kappa shape index (κ3) is 2.55. The molecule has 18 heavy (non-hydrogen) atoms. The van der Waals surface area contributed by atoms with Crippen LogP contribution in [0.2, 0.25) is 10.0 Å². The maximum Gasteiger partial charge on any atom is 0.160 e. The lowest BCUT2D eigenvalue weighted by Crippen LogP contribution is -1.97.